The smallest absolute Gasteiger partial charge is 0.273 e. The summed E-state index contributed by atoms with van der Waals surface area (Å²) in [4.78, 5) is 29.5. The summed E-state index contributed by atoms with van der Waals surface area (Å²) in [5, 5.41) is 7.03. The molecule has 0 atom stereocenters. The number of benzene rings is 2. The van der Waals surface area contributed by atoms with Crippen molar-refractivity contribution in [3.8, 4) is 11.8 Å². The van der Waals surface area contributed by atoms with E-state index in [-0.39, 0.29) is 18.9 Å². The van der Waals surface area contributed by atoms with Crippen molar-refractivity contribution in [1.82, 2.24) is 14.8 Å². The summed E-state index contributed by atoms with van der Waals surface area (Å²) in [7, 11) is -0.0926. The molecule has 0 spiro atoms. The summed E-state index contributed by atoms with van der Waals surface area (Å²) >= 11 is 0. The molecule has 0 fully saturated rings. The van der Waals surface area contributed by atoms with Gasteiger partial charge in [0.05, 0.1) is 11.3 Å². The van der Waals surface area contributed by atoms with Gasteiger partial charge in [0.2, 0.25) is 0 Å². The molecule has 0 bridgehead atoms. The van der Waals surface area contributed by atoms with Crippen LogP contribution in [0.2, 0.25) is 0 Å². The lowest BCUT2D eigenvalue weighted by Gasteiger charge is -2.05. The van der Waals surface area contributed by atoms with Gasteiger partial charge in [0.25, 0.3) is 11.8 Å². The van der Waals surface area contributed by atoms with Crippen LogP contribution < -0.4 is 5.32 Å². The third-order valence-electron chi connectivity index (χ3n) is 4.80. The number of nitrogens with zero attached hydrogens (tertiary/aromatic N) is 4. The van der Waals surface area contributed by atoms with Gasteiger partial charge in [0.15, 0.2) is 0 Å². The molecular weight excluding hydrogens is 474 g/mol. The predicted octanol–water partition coefficient (Wildman–Crippen LogP) is 4.76. The molecule has 4 aromatic rings. The van der Waals surface area contributed by atoms with Gasteiger partial charge in [-0.05, 0) is 37.3 Å². The predicted molar refractivity (Wildman–Crippen MR) is 139 cm³/mol. The van der Waals surface area contributed by atoms with Crippen LogP contribution in [0.1, 0.15) is 45.1 Å². The van der Waals surface area contributed by atoms with Crippen LogP contribution in [0.3, 0.4) is 0 Å². The van der Waals surface area contributed by atoms with Gasteiger partial charge < -0.3 is 13.9 Å². The fourth-order valence-electron chi connectivity index (χ4n) is 3.18. The topological polar surface area (TPSA) is 106 Å². The number of nitrogens with one attached hydrogen (secondary N) is 1. The zero-order valence-electron chi connectivity index (χ0n) is 18.9. The maximum Gasteiger partial charge on any atom is 0.273 e. The fourth-order valence-corrected chi connectivity index (χ4v) is 3.93. The highest BCUT2D eigenvalue weighted by Crippen LogP contribution is 2.13. The molecule has 2 aromatic heterocycles. The number of carbonyl (C=O) groups excluding carboxylic acids is 2. The third-order valence-corrected chi connectivity index (χ3v) is 5.81. The van der Waals surface area contributed by atoms with E-state index < -0.39 is 16.5 Å². The Hall–Kier alpha value is -4.55. The van der Waals surface area contributed by atoms with Crippen LogP contribution in [0, 0.1) is 18.8 Å². The van der Waals surface area contributed by atoms with Crippen LogP contribution >= 0.6 is 0 Å². The van der Waals surface area contributed by atoms with Crippen LogP contribution in [0.5, 0.6) is 0 Å². The van der Waals surface area contributed by atoms with Gasteiger partial charge in [-0.1, -0.05) is 60.6 Å². The lowest BCUT2D eigenvalue weighted by atomic mass is 10.1. The molecule has 2 heterocycles. The molecule has 0 aliphatic heterocycles. The van der Waals surface area contributed by atoms with Crippen molar-refractivity contribution in [2.45, 2.75) is 19.2 Å². The van der Waals surface area contributed by atoms with E-state index in [1.165, 1.54) is 17.1 Å². The van der Waals surface area contributed by atoms with E-state index in [0.717, 1.165) is 5.69 Å². The van der Waals surface area contributed by atoms with Crippen molar-refractivity contribution >= 4 is 28.1 Å². The van der Waals surface area contributed by atoms with Crippen LogP contribution in [-0.4, -0.2) is 26.6 Å². The van der Waals surface area contributed by atoms with Crippen molar-refractivity contribution in [2.75, 3.05) is 5.32 Å². The van der Waals surface area contributed by atoms with Gasteiger partial charge in [-0.25, -0.2) is 0 Å². The van der Waals surface area contributed by atoms with Gasteiger partial charge in [-0.15, -0.1) is 0 Å². The lowest BCUT2D eigenvalue weighted by Crippen LogP contribution is -2.16. The standard InChI is InChI=1S/C26H20N5O3S.CH4/c1-18-13-24(31(2)29-18)26(33)28-22-8-6-7-19(15-22)11-12-20-14-21(17-27-16-20)25(32)30-35(34)23-9-4-3-5-10-23;/h3-10,13-17H,1-2H3,(H,28,33);1H4/q-1;. The fraction of sp³-hybridized carbons (Fsp3) is 0.111. The molecule has 0 unspecified atom stereocenters. The van der Waals surface area contributed by atoms with Gasteiger partial charge in [0, 0.05) is 36.3 Å². The number of carbonyl (C=O) groups is 2. The van der Waals surface area contributed by atoms with Gasteiger partial charge >= 0.3 is 0 Å². The van der Waals surface area contributed by atoms with Crippen LogP contribution in [-0.2, 0) is 21.9 Å². The van der Waals surface area contributed by atoms with E-state index in [0.29, 0.717) is 27.4 Å². The third kappa shape index (κ3) is 6.52. The number of hydrogen-bond acceptors (Lipinski definition) is 6. The van der Waals surface area contributed by atoms with Gasteiger partial charge in [0.1, 0.15) is 5.69 Å². The number of hydrogen-bond donors (Lipinski definition) is 1. The Bertz CT molecular complexity index is 1560. The summed E-state index contributed by atoms with van der Waals surface area (Å²) in [6.07, 6.45) is 2.88. The minimum Gasteiger partial charge on any atom is -0.440 e. The van der Waals surface area contributed by atoms with Gasteiger partial charge in [-0.3, -0.25) is 19.3 Å². The second-order valence-electron chi connectivity index (χ2n) is 7.50. The van der Waals surface area contributed by atoms with Crippen LogP contribution in [0.4, 0.5) is 5.69 Å². The van der Waals surface area contributed by atoms with Crippen molar-refractivity contribution in [3.63, 3.8) is 0 Å². The Kier molecular flexibility index (Phi) is 8.49. The number of rotatable bonds is 4. The molecule has 0 aliphatic carbocycles. The van der Waals surface area contributed by atoms with Crippen molar-refractivity contribution in [3.05, 3.63) is 107 Å². The second-order valence-corrected chi connectivity index (χ2v) is 8.65. The average Bonchev–Trinajstić information content (AvgIpc) is 3.21. The zero-order chi connectivity index (χ0) is 24.8. The van der Waals surface area contributed by atoms with E-state index in [4.69, 9.17) is 0 Å². The van der Waals surface area contributed by atoms with Crippen molar-refractivity contribution < 1.29 is 13.8 Å². The molecule has 182 valence electrons. The molecule has 9 heteroatoms. The number of aryl methyl sites for hydroxylation is 2. The number of anilines is 1. The quantitative estimate of drug-likeness (QED) is 0.323. The van der Waals surface area contributed by atoms with Crippen molar-refractivity contribution in [2.24, 2.45) is 11.4 Å². The molecule has 8 nitrogen and oxygen atoms in total. The van der Waals surface area contributed by atoms with Crippen LogP contribution in [0.25, 0.3) is 0 Å². The summed E-state index contributed by atoms with van der Waals surface area (Å²) in [5.74, 6) is 5.05. The first-order valence-corrected chi connectivity index (χ1v) is 11.6. The maximum absolute atomic E-state index is 12.5. The van der Waals surface area contributed by atoms with E-state index >= 15 is 0 Å². The average molecular weight is 499 g/mol. The van der Waals surface area contributed by atoms with Gasteiger partial charge in [-0.2, -0.15) is 15.7 Å². The number of aromatic nitrogens is 3. The molecule has 0 aliphatic rings. The summed E-state index contributed by atoms with van der Waals surface area (Å²) < 4.78 is 17.6. The van der Waals surface area contributed by atoms with Crippen molar-refractivity contribution in [1.29, 1.82) is 0 Å². The first-order chi connectivity index (χ1) is 16.9. The molecular formula is C27H24N5O3S-. The largest absolute Gasteiger partial charge is 0.440 e. The number of pyridine rings is 1. The number of amides is 2. The first kappa shape index (κ1) is 26.1. The Morgan fingerprint density at radius 2 is 1.72 bits per heavy atom. The first-order valence-electron chi connectivity index (χ1n) is 10.5. The minimum atomic E-state index is -1.80. The highest BCUT2D eigenvalue weighted by Gasteiger charge is 2.12. The Labute approximate surface area is 211 Å². The molecule has 0 saturated heterocycles. The molecule has 0 radical (unpaired) electrons. The molecule has 36 heavy (non-hydrogen) atoms. The highest BCUT2D eigenvalue weighted by atomic mass is 32.2. The van der Waals surface area contributed by atoms with E-state index in [1.807, 2.05) is 6.92 Å². The Morgan fingerprint density at radius 3 is 2.44 bits per heavy atom. The Morgan fingerprint density at radius 1 is 0.972 bits per heavy atom. The summed E-state index contributed by atoms with van der Waals surface area (Å²) in [5.41, 5.74) is 3.14. The van der Waals surface area contributed by atoms with E-state index in [2.05, 4.69) is 31.6 Å². The minimum absolute atomic E-state index is 0. The second kappa shape index (κ2) is 11.7. The lowest BCUT2D eigenvalue weighted by molar-refractivity contribution is 0.0999. The van der Waals surface area contributed by atoms with Crippen LogP contribution in [0.15, 0.2) is 88.4 Å². The molecule has 0 saturated carbocycles. The Balaban J connectivity index is 0.00000361. The summed E-state index contributed by atoms with van der Waals surface area (Å²) in [6, 6.07) is 18.9. The maximum atomic E-state index is 12.5. The van der Waals surface area contributed by atoms with E-state index in [1.54, 1.807) is 73.8 Å². The normalized spacial score (nSPS) is 11.1. The van der Waals surface area contributed by atoms with E-state index in [9.17, 15) is 13.8 Å². The monoisotopic (exact) mass is 498 g/mol. The molecule has 2 aromatic carbocycles. The summed E-state index contributed by atoms with van der Waals surface area (Å²) in [6.45, 7) is 1.82. The SMILES string of the molecule is C.Cc1cc(C(=O)Nc2cccc(C#Cc3cncc(C(=O)N=[S-](=O)c4ccccc4)c3)c2)n(C)n1. The zero-order valence-corrected chi connectivity index (χ0v) is 19.7. The molecule has 2 amide bonds. The molecule has 1 N–H and O–H groups in total. The highest BCUT2D eigenvalue weighted by molar-refractivity contribution is 7.75. The molecule has 4 rings (SSSR count).